The van der Waals surface area contributed by atoms with E-state index in [2.05, 4.69) is 46.8 Å². The first kappa shape index (κ1) is 21.5. The number of allylic oxidation sites excluding steroid dienone is 2. The summed E-state index contributed by atoms with van der Waals surface area (Å²) in [5, 5.41) is 0. The van der Waals surface area contributed by atoms with E-state index < -0.39 is 0 Å². The second kappa shape index (κ2) is 7.36. The smallest absolute Gasteiger partial charge is 0.0638 e. The molecule has 5 fully saturated rings. The lowest BCUT2D eigenvalue weighted by molar-refractivity contribution is -0.161. The van der Waals surface area contributed by atoms with E-state index >= 15 is 0 Å². The molecular formula is C29H48O. The summed E-state index contributed by atoms with van der Waals surface area (Å²) in [5.74, 6) is 6.38. The Bertz CT molecular complexity index is 680. The monoisotopic (exact) mass is 412 g/mol. The molecule has 0 aliphatic heterocycles. The van der Waals surface area contributed by atoms with Gasteiger partial charge in [-0.05, 0) is 116 Å². The number of methoxy groups -OCH3 is 1. The van der Waals surface area contributed by atoms with Gasteiger partial charge in [0.05, 0.1) is 6.10 Å². The summed E-state index contributed by atoms with van der Waals surface area (Å²) in [5.41, 5.74) is 1.74. The van der Waals surface area contributed by atoms with Crippen LogP contribution < -0.4 is 0 Å². The molecule has 1 heteroatoms. The predicted molar refractivity (Wildman–Crippen MR) is 126 cm³/mol. The van der Waals surface area contributed by atoms with Crippen molar-refractivity contribution < 1.29 is 4.74 Å². The average molecular weight is 413 g/mol. The molecule has 30 heavy (non-hydrogen) atoms. The highest BCUT2D eigenvalue weighted by Gasteiger charge is 2.77. The summed E-state index contributed by atoms with van der Waals surface area (Å²) >= 11 is 0. The van der Waals surface area contributed by atoms with Gasteiger partial charge in [-0.25, -0.2) is 0 Å². The maximum absolute atomic E-state index is 6.30. The van der Waals surface area contributed by atoms with Gasteiger partial charge in [0.15, 0.2) is 0 Å². The number of hydrogen-bond donors (Lipinski definition) is 0. The lowest BCUT2D eigenvalue weighted by Gasteiger charge is -2.61. The van der Waals surface area contributed by atoms with Crippen LogP contribution in [0, 0.1) is 57.7 Å². The second-order valence-electron chi connectivity index (χ2n) is 13.2. The van der Waals surface area contributed by atoms with Crippen molar-refractivity contribution in [2.75, 3.05) is 7.11 Å². The highest BCUT2D eigenvalue weighted by molar-refractivity contribution is 5.26. The summed E-state index contributed by atoms with van der Waals surface area (Å²) < 4.78 is 6.30. The molecule has 0 amide bonds. The summed E-state index contributed by atoms with van der Waals surface area (Å²) in [6.07, 6.45) is 19.9. The van der Waals surface area contributed by atoms with Crippen LogP contribution in [0.2, 0.25) is 0 Å². The fourth-order valence-corrected chi connectivity index (χ4v) is 10.5. The standard InChI is InChI=1S/C29H48O/c1-19(2)9-7-8-10-20(3)23-11-12-24-22-17-26(30-6)29-18-21(29)13-16-28(29,5)25(22)14-15-27(23,24)4/h7,9,19-26H,8,10-18H2,1-6H3/b9-7+/t20-,21+,22+,23-,24+,25+,26-,27-,28-,29+/m1/s1. The van der Waals surface area contributed by atoms with Gasteiger partial charge < -0.3 is 4.74 Å². The van der Waals surface area contributed by atoms with E-state index in [9.17, 15) is 0 Å². The third kappa shape index (κ3) is 2.82. The fourth-order valence-electron chi connectivity index (χ4n) is 10.5. The van der Waals surface area contributed by atoms with Gasteiger partial charge in [-0.1, -0.05) is 46.8 Å². The number of fused-ring (bicyclic) bond motifs is 4. The van der Waals surface area contributed by atoms with Crippen LogP contribution in [0.5, 0.6) is 0 Å². The zero-order valence-corrected chi connectivity index (χ0v) is 20.8. The normalized spacial score (nSPS) is 52.8. The van der Waals surface area contributed by atoms with E-state index in [0.29, 0.717) is 28.3 Å². The Morgan fingerprint density at radius 3 is 2.50 bits per heavy atom. The van der Waals surface area contributed by atoms with Crippen molar-refractivity contribution in [3.63, 3.8) is 0 Å². The lowest BCUT2D eigenvalue weighted by atomic mass is 9.45. The third-order valence-electron chi connectivity index (χ3n) is 11.9. The van der Waals surface area contributed by atoms with Gasteiger partial charge in [0, 0.05) is 12.5 Å². The highest BCUT2D eigenvalue weighted by Crippen LogP contribution is 2.82. The van der Waals surface area contributed by atoms with Crippen LogP contribution >= 0.6 is 0 Å². The first-order chi connectivity index (χ1) is 14.3. The van der Waals surface area contributed by atoms with Crippen LogP contribution in [-0.4, -0.2) is 13.2 Å². The van der Waals surface area contributed by atoms with Crippen molar-refractivity contribution >= 4 is 0 Å². The van der Waals surface area contributed by atoms with Crippen molar-refractivity contribution in [1.82, 2.24) is 0 Å². The van der Waals surface area contributed by atoms with E-state index in [1.54, 1.807) is 0 Å². The molecule has 0 aromatic carbocycles. The van der Waals surface area contributed by atoms with Crippen LogP contribution in [0.3, 0.4) is 0 Å². The van der Waals surface area contributed by atoms with Crippen LogP contribution in [-0.2, 0) is 4.74 Å². The third-order valence-corrected chi connectivity index (χ3v) is 11.9. The zero-order chi connectivity index (χ0) is 21.3. The van der Waals surface area contributed by atoms with E-state index in [1.807, 2.05) is 7.11 Å². The van der Waals surface area contributed by atoms with Crippen LogP contribution in [0.15, 0.2) is 12.2 Å². The Labute approximate surface area is 186 Å². The number of ether oxygens (including phenoxy) is 1. The van der Waals surface area contributed by atoms with Gasteiger partial charge in [0.25, 0.3) is 0 Å². The maximum atomic E-state index is 6.30. The van der Waals surface area contributed by atoms with Crippen molar-refractivity contribution in [1.29, 1.82) is 0 Å². The molecular weight excluding hydrogens is 364 g/mol. The quantitative estimate of drug-likeness (QED) is 0.403. The van der Waals surface area contributed by atoms with E-state index in [4.69, 9.17) is 4.74 Å². The Morgan fingerprint density at radius 2 is 1.80 bits per heavy atom. The van der Waals surface area contributed by atoms with Crippen molar-refractivity contribution in [2.24, 2.45) is 57.7 Å². The molecule has 5 rings (SSSR count). The van der Waals surface area contributed by atoms with Gasteiger partial charge in [0.1, 0.15) is 0 Å². The Kier molecular flexibility index (Phi) is 5.28. The second-order valence-corrected chi connectivity index (χ2v) is 13.2. The van der Waals surface area contributed by atoms with Crippen LogP contribution in [0.4, 0.5) is 0 Å². The fraction of sp³-hybridized carbons (Fsp3) is 0.931. The molecule has 0 N–H and O–H groups in total. The minimum absolute atomic E-state index is 0.552. The summed E-state index contributed by atoms with van der Waals surface area (Å²) in [4.78, 5) is 0. The van der Waals surface area contributed by atoms with Gasteiger partial charge in [-0.15, -0.1) is 0 Å². The van der Waals surface area contributed by atoms with Crippen LogP contribution in [0.25, 0.3) is 0 Å². The summed E-state index contributed by atoms with van der Waals surface area (Å²) in [6.45, 7) is 12.6. The van der Waals surface area contributed by atoms with Crippen molar-refractivity contribution in [3.05, 3.63) is 12.2 Å². The minimum atomic E-state index is 0.552. The average Bonchev–Trinajstić information content (AvgIpc) is 3.21. The molecule has 5 saturated carbocycles. The van der Waals surface area contributed by atoms with E-state index in [0.717, 1.165) is 35.5 Å². The molecule has 0 unspecified atom stereocenters. The Hall–Kier alpha value is -0.300. The Morgan fingerprint density at radius 1 is 1.00 bits per heavy atom. The minimum Gasteiger partial charge on any atom is -0.381 e. The lowest BCUT2D eigenvalue weighted by Crippen LogP contribution is -2.57. The van der Waals surface area contributed by atoms with Gasteiger partial charge >= 0.3 is 0 Å². The first-order valence-corrected chi connectivity index (χ1v) is 13.5. The number of rotatable bonds is 6. The summed E-state index contributed by atoms with van der Waals surface area (Å²) in [7, 11) is 2.03. The largest absolute Gasteiger partial charge is 0.381 e. The molecule has 0 bridgehead atoms. The molecule has 1 nitrogen and oxygen atoms in total. The molecule has 0 aromatic rings. The highest BCUT2D eigenvalue weighted by atomic mass is 16.5. The molecule has 0 saturated heterocycles. The van der Waals surface area contributed by atoms with Gasteiger partial charge in [-0.2, -0.15) is 0 Å². The molecule has 5 aliphatic rings. The van der Waals surface area contributed by atoms with E-state index in [1.165, 1.54) is 64.2 Å². The maximum Gasteiger partial charge on any atom is 0.0638 e. The van der Waals surface area contributed by atoms with Crippen molar-refractivity contribution in [3.8, 4) is 0 Å². The predicted octanol–water partition coefficient (Wildman–Crippen LogP) is 7.90. The first-order valence-electron chi connectivity index (χ1n) is 13.5. The van der Waals surface area contributed by atoms with Crippen LogP contribution in [0.1, 0.15) is 98.8 Å². The molecule has 0 radical (unpaired) electrons. The van der Waals surface area contributed by atoms with E-state index in [-0.39, 0.29) is 0 Å². The molecule has 0 heterocycles. The molecule has 10 atom stereocenters. The summed E-state index contributed by atoms with van der Waals surface area (Å²) in [6, 6.07) is 0. The molecule has 1 spiro atoms. The number of hydrogen-bond acceptors (Lipinski definition) is 1. The van der Waals surface area contributed by atoms with Gasteiger partial charge in [-0.3, -0.25) is 0 Å². The molecule has 5 aliphatic carbocycles. The van der Waals surface area contributed by atoms with Crippen molar-refractivity contribution in [2.45, 2.75) is 105 Å². The van der Waals surface area contributed by atoms with Gasteiger partial charge in [0.2, 0.25) is 0 Å². The zero-order valence-electron chi connectivity index (χ0n) is 20.8. The Balaban J connectivity index is 1.33. The molecule has 0 aromatic heterocycles. The topological polar surface area (TPSA) is 9.23 Å². The molecule has 170 valence electrons. The SMILES string of the molecule is CO[C@@H]1C[C@H]2[C@@H]3CC[C@H]([C@H](C)CC/C=C/C(C)C)[C@@]3(C)CC[C@@H]2[C@@]2(C)CC[C@H]3C[C@]312.